The summed E-state index contributed by atoms with van der Waals surface area (Å²) in [4.78, 5) is 39.1. The number of ether oxygens (including phenoxy) is 1. The SMILES string of the molecule is CCOc1cc(Br)ccc1NC(=O)C(=O)N(C)CCN1CCCC1=O. The fourth-order valence-electron chi connectivity index (χ4n) is 2.54. The molecule has 1 fully saturated rings. The zero-order chi connectivity index (χ0) is 18.4. The van der Waals surface area contributed by atoms with Crippen molar-refractivity contribution in [1.29, 1.82) is 0 Å². The second-order valence-corrected chi connectivity index (χ2v) is 6.65. The van der Waals surface area contributed by atoms with E-state index < -0.39 is 11.8 Å². The monoisotopic (exact) mass is 411 g/mol. The van der Waals surface area contributed by atoms with Crippen LogP contribution in [0.15, 0.2) is 22.7 Å². The summed E-state index contributed by atoms with van der Waals surface area (Å²) in [5, 5.41) is 2.58. The molecule has 1 aliphatic rings. The van der Waals surface area contributed by atoms with Crippen LogP contribution < -0.4 is 10.1 Å². The van der Waals surface area contributed by atoms with Crippen LogP contribution in [0, 0.1) is 0 Å². The highest BCUT2D eigenvalue weighted by Crippen LogP contribution is 2.28. The molecule has 0 unspecified atom stereocenters. The number of hydrogen-bond donors (Lipinski definition) is 1. The van der Waals surface area contributed by atoms with Gasteiger partial charge in [0.1, 0.15) is 5.75 Å². The van der Waals surface area contributed by atoms with E-state index >= 15 is 0 Å². The Morgan fingerprint density at radius 3 is 2.80 bits per heavy atom. The predicted octanol–water partition coefficient (Wildman–Crippen LogP) is 1.87. The summed E-state index contributed by atoms with van der Waals surface area (Å²) in [7, 11) is 1.55. The van der Waals surface area contributed by atoms with Gasteiger partial charge in [-0.25, -0.2) is 0 Å². The Bertz CT molecular complexity index is 665. The van der Waals surface area contributed by atoms with Crippen molar-refractivity contribution >= 4 is 39.3 Å². The molecule has 0 saturated carbocycles. The lowest BCUT2D eigenvalue weighted by molar-refractivity contribution is -0.142. The van der Waals surface area contributed by atoms with E-state index in [1.54, 1.807) is 30.1 Å². The van der Waals surface area contributed by atoms with Crippen LogP contribution in [0.4, 0.5) is 5.69 Å². The number of nitrogens with one attached hydrogen (secondary N) is 1. The molecular weight excluding hydrogens is 390 g/mol. The van der Waals surface area contributed by atoms with Gasteiger partial charge in [0, 0.05) is 37.6 Å². The lowest BCUT2D eigenvalue weighted by atomic mass is 10.3. The minimum absolute atomic E-state index is 0.0986. The number of halogens is 1. The number of amides is 3. The molecule has 136 valence electrons. The highest BCUT2D eigenvalue weighted by Gasteiger charge is 2.23. The molecular formula is C17H22BrN3O4. The molecule has 1 aromatic carbocycles. The summed E-state index contributed by atoms with van der Waals surface area (Å²) in [5.74, 6) is -0.805. The van der Waals surface area contributed by atoms with Gasteiger partial charge in [0.05, 0.1) is 12.3 Å². The van der Waals surface area contributed by atoms with Crippen molar-refractivity contribution in [2.24, 2.45) is 0 Å². The summed E-state index contributed by atoms with van der Waals surface area (Å²) < 4.78 is 6.28. The van der Waals surface area contributed by atoms with Gasteiger partial charge in [0.25, 0.3) is 0 Å². The third-order valence-electron chi connectivity index (χ3n) is 3.91. The summed E-state index contributed by atoms with van der Waals surface area (Å²) >= 11 is 3.34. The average Bonchev–Trinajstić information content (AvgIpc) is 2.99. The number of carbonyl (C=O) groups excluding carboxylic acids is 3. The highest BCUT2D eigenvalue weighted by atomic mass is 79.9. The zero-order valence-electron chi connectivity index (χ0n) is 14.4. The summed E-state index contributed by atoms with van der Waals surface area (Å²) in [5.41, 5.74) is 0.437. The molecule has 0 radical (unpaired) electrons. The van der Waals surface area contributed by atoms with Gasteiger partial charge >= 0.3 is 11.8 Å². The van der Waals surface area contributed by atoms with Crippen LogP contribution in [0.25, 0.3) is 0 Å². The number of anilines is 1. The number of likely N-dealkylation sites (N-methyl/N-ethyl adjacent to an activating group) is 1. The Kier molecular flexibility index (Phi) is 6.81. The molecule has 3 amide bonds. The number of rotatable bonds is 6. The van der Waals surface area contributed by atoms with Crippen molar-refractivity contribution in [2.75, 3.05) is 38.6 Å². The lowest BCUT2D eigenvalue weighted by Crippen LogP contribution is -2.41. The molecule has 0 bridgehead atoms. The molecule has 25 heavy (non-hydrogen) atoms. The fourth-order valence-corrected chi connectivity index (χ4v) is 2.88. The van der Waals surface area contributed by atoms with E-state index in [1.165, 1.54) is 4.90 Å². The van der Waals surface area contributed by atoms with Crippen molar-refractivity contribution in [3.63, 3.8) is 0 Å². The molecule has 1 saturated heterocycles. The molecule has 8 heteroatoms. The van der Waals surface area contributed by atoms with E-state index in [4.69, 9.17) is 4.74 Å². The molecule has 1 heterocycles. The standard InChI is InChI=1S/C17H22BrN3O4/c1-3-25-14-11-12(18)6-7-13(14)19-16(23)17(24)20(2)9-10-21-8-4-5-15(21)22/h6-7,11H,3-5,8-10H2,1-2H3,(H,19,23). The minimum Gasteiger partial charge on any atom is -0.492 e. The van der Waals surface area contributed by atoms with E-state index in [0.717, 1.165) is 10.9 Å². The second kappa shape index (κ2) is 8.84. The molecule has 1 N–H and O–H groups in total. The molecule has 0 aliphatic carbocycles. The maximum atomic E-state index is 12.2. The third-order valence-corrected chi connectivity index (χ3v) is 4.40. The molecule has 2 rings (SSSR count). The maximum Gasteiger partial charge on any atom is 0.313 e. The van der Waals surface area contributed by atoms with E-state index in [-0.39, 0.29) is 5.91 Å². The quantitative estimate of drug-likeness (QED) is 0.724. The Balaban J connectivity index is 1.93. The molecule has 1 aliphatic heterocycles. The third kappa shape index (κ3) is 5.19. The number of benzene rings is 1. The van der Waals surface area contributed by atoms with Crippen molar-refractivity contribution in [3.05, 3.63) is 22.7 Å². The van der Waals surface area contributed by atoms with E-state index in [1.807, 2.05) is 6.92 Å². The van der Waals surface area contributed by atoms with Crippen molar-refractivity contribution in [3.8, 4) is 5.75 Å². The van der Waals surface area contributed by atoms with Gasteiger partial charge in [-0.1, -0.05) is 15.9 Å². The Hall–Kier alpha value is -2.09. The first-order valence-electron chi connectivity index (χ1n) is 8.19. The first-order chi connectivity index (χ1) is 11.9. The van der Waals surface area contributed by atoms with Gasteiger partial charge in [-0.2, -0.15) is 0 Å². The zero-order valence-corrected chi connectivity index (χ0v) is 16.0. The van der Waals surface area contributed by atoms with Crippen LogP contribution in [-0.4, -0.2) is 60.8 Å². The first kappa shape index (κ1) is 19.2. The van der Waals surface area contributed by atoms with E-state index in [9.17, 15) is 14.4 Å². The predicted molar refractivity (Wildman–Crippen MR) is 97.4 cm³/mol. The Labute approximate surface area is 155 Å². The van der Waals surface area contributed by atoms with Crippen LogP contribution in [-0.2, 0) is 14.4 Å². The molecule has 0 atom stereocenters. The molecule has 0 aromatic heterocycles. The number of hydrogen-bond acceptors (Lipinski definition) is 4. The molecule has 7 nitrogen and oxygen atoms in total. The number of nitrogens with zero attached hydrogens (tertiary/aromatic N) is 2. The highest BCUT2D eigenvalue weighted by molar-refractivity contribution is 9.10. The minimum atomic E-state index is -0.737. The van der Waals surface area contributed by atoms with Crippen LogP contribution in [0.5, 0.6) is 5.75 Å². The van der Waals surface area contributed by atoms with Crippen molar-refractivity contribution in [2.45, 2.75) is 19.8 Å². The summed E-state index contributed by atoms with van der Waals surface area (Å²) in [6.45, 7) is 3.75. The maximum absolute atomic E-state index is 12.2. The Morgan fingerprint density at radius 2 is 2.16 bits per heavy atom. The van der Waals surface area contributed by atoms with Gasteiger partial charge in [0.2, 0.25) is 5.91 Å². The van der Waals surface area contributed by atoms with Gasteiger partial charge < -0.3 is 19.9 Å². The molecule has 1 aromatic rings. The van der Waals surface area contributed by atoms with Crippen LogP contribution in [0.3, 0.4) is 0 Å². The topological polar surface area (TPSA) is 79.0 Å². The first-order valence-corrected chi connectivity index (χ1v) is 8.98. The van der Waals surface area contributed by atoms with Gasteiger partial charge in [0.15, 0.2) is 0 Å². The van der Waals surface area contributed by atoms with Crippen LogP contribution in [0.2, 0.25) is 0 Å². The van der Waals surface area contributed by atoms with Crippen molar-refractivity contribution in [1.82, 2.24) is 9.80 Å². The summed E-state index contributed by atoms with van der Waals surface area (Å²) in [6, 6.07) is 5.15. The largest absolute Gasteiger partial charge is 0.492 e. The van der Waals surface area contributed by atoms with Crippen LogP contribution in [0.1, 0.15) is 19.8 Å². The summed E-state index contributed by atoms with van der Waals surface area (Å²) in [6.07, 6.45) is 1.41. The van der Waals surface area contributed by atoms with Crippen molar-refractivity contribution < 1.29 is 19.1 Å². The molecule has 0 spiro atoms. The lowest BCUT2D eigenvalue weighted by Gasteiger charge is -2.21. The fraction of sp³-hybridized carbons (Fsp3) is 0.471. The Morgan fingerprint density at radius 1 is 1.40 bits per heavy atom. The normalized spacial score (nSPS) is 13.7. The van der Waals surface area contributed by atoms with Crippen LogP contribution >= 0.6 is 15.9 Å². The number of likely N-dealkylation sites (tertiary alicyclic amines) is 1. The smallest absolute Gasteiger partial charge is 0.313 e. The number of carbonyl (C=O) groups is 3. The van der Waals surface area contributed by atoms with Gasteiger partial charge in [-0.15, -0.1) is 0 Å². The van der Waals surface area contributed by atoms with E-state index in [2.05, 4.69) is 21.2 Å². The van der Waals surface area contributed by atoms with Gasteiger partial charge in [-0.05, 0) is 31.5 Å². The van der Waals surface area contributed by atoms with E-state index in [0.29, 0.717) is 44.1 Å². The van der Waals surface area contributed by atoms with Gasteiger partial charge in [-0.3, -0.25) is 14.4 Å². The second-order valence-electron chi connectivity index (χ2n) is 5.74. The average molecular weight is 412 g/mol.